The zero-order valence-corrected chi connectivity index (χ0v) is 11.9. The number of pyridine rings is 1. The van der Waals surface area contributed by atoms with Crippen LogP contribution in [0.1, 0.15) is 10.4 Å². The van der Waals surface area contributed by atoms with Crippen molar-refractivity contribution in [3.63, 3.8) is 0 Å². The van der Waals surface area contributed by atoms with Crippen molar-refractivity contribution >= 4 is 34.4 Å². The number of hydrogen-bond acceptors (Lipinski definition) is 4. The molecule has 2 rings (SSSR count). The Balaban J connectivity index is 2.25. The zero-order valence-electron chi connectivity index (χ0n) is 11.2. The Labute approximate surface area is 125 Å². The Morgan fingerprint density at radius 3 is 2.81 bits per heavy atom. The van der Waals surface area contributed by atoms with E-state index in [-0.39, 0.29) is 11.7 Å². The molecule has 1 unspecified atom stereocenters. The van der Waals surface area contributed by atoms with Gasteiger partial charge in [-0.2, -0.15) is 0 Å². The van der Waals surface area contributed by atoms with Crippen molar-refractivity contribution in [3.05, 3.63) is 41.0 Å². The number of methoxy groups -OCH3 is 1. The Bertz CT molecular complexity index is 690. The molecule has 2 aromatic rings. The molecule has 0 saturated heterocycles. The number of carbonyl (C=O) groups is 2. The Morgan fingerprint density at radius 2 is 2.14 bits per heavy atom. The van der Waals surface area contributed by atoms with Crippen LogP contribution in [0.3, 0.4) is 0 Å². The fraction of sp³-hybridized carbons (Fsp3) is 0.214. The number of aromatic nitrogens is 1. The predicted octanol–water partition coefficient (Wildman–Crippen LogP) is 1.72. The number of nitrogens with zero attached hydrogens (tertiary/aromatic N) is 1. The lowest BCUT2D eigenvalue weighted by Crippen LogP contribution is -2.37. The monoisotopic (exact) mass is 308 g/mol. The van der Waals surface area contributed by atoms with E-state index in [4.69, 9.17) is 21.4 Å². The van der Waals surface area contributed by atoms with Gasteiger partial charge in [0.2, 0.25) is 0 Å². The molecule has 1 amide bonds. The van der Waals surface area contributed by atoms with Gasteiger partial charge in [-0.05, 0) is 12.1 Å². The third-order valence-electron chi connectivity index (χ3n) is 2.94. The van der Waals surface area contributed by atoms with Crippen LogP contribution >= 0.6 is 11.6 Å². The number of carbonyl (C=O) groups excluding carboxylic acids is 1. The summed E-state index contributed by atoms with van der Waals surface area (Å²) in [5.41, 5.74) is 0.933. The predicted molar refractivity (Wildman–Crippen MR) is 77.5 cm³/mol. The summed E-state index contributed by atoms with van der Waals surface area (Å²) in [6.07, 6.45) is -1.10. The third kappa shape index (κ3) is 3.48. The normalized spacial score (nSPS) is 12.1. The quantitative estimate of drug-likeness (QED) is 0.821. The van der Waals surface area contributed by atoms with Crippen molar-refractivity contribution in [1.29, 1.82) is 0 Å². The molecule has 1 atom stereocenters. The van der Waals surface area contributed by atoms with Crippen LogP contribution in [0.5, 0.6) is 0 Å². The summed E-state index contributed by atoms with van der Waals surface area (Å²) in [6.45, 7) is -0.140. The average Bonchev–Trinajstić information content (AvgIpc) is 2.46. The number of nitrogens with one attached hydrogen (secondary N) is 1. The van der Waals surface area contributed by atoms with Crippen LogP contribution in [0, 0.1) is 0 Å². The Kier molecular flexibility index (Phi) is 4.72. The van der Waals surface area contributed by atoms with E-state index < -0.39 is 18.0 Å². The number of carboxylic acid groups (broad SMARTS) is 1. The number of hydrogen-bond donors (Lipinski definition) is 2. The second-order valence-corrected chi connectivity index (χ2v) is 4.67. The molecule has 0 fully saturated rings. The number of ether oxygens (including phenoxy) is 1. The molecule has 1 aromatic heterocycles. The summed E-state index contributed by atoms with van der Waals surface area (Å²) < 4.78 is 4.76. The molecule has 0 aliphatic rings. The lowest BCUT2D eigenvalue weighted by molar-refractivity contribution is -0.148. The van der Waals surface area contributed by atoms with Gasteiger partial charge in [-0.1, -0.05) is 29.8 Å². The van der Waals surface area contributed by atoms with E-state index in [1.807, 2.05) is 0 Å². The zero-order chi connectivity index (χ0) is 15.4. The molecule has 0 radical (unpaired) electrons. The number of benzene rings is 1. The Morgan fingerprint density at radius 1 is 1.43 bits per heavy atom. The van der Waals surface area contributed by atoms with Crippen LogP contribution in [-0.4, -0.2) is 41.7 Å². The Hall–Kier alpha value is -2.18. The number of fused-ring (bicyclic) bond motifs is 1. The highest BCUT2D eigenvalue weighted by molar-refractivity contribution is 6.30. The number of aliphatic carboxylic acids is 1. The molecule has 7 heteroatoms. The van der Waals surface area contributed by atoms with Crippen molar-refractivity contribution in [2.24, 2.45) is 0 Å². The van der Waals surface area contributed by atoms with E-state index >= 15 is 0 Å². The SMILES string of the molecule is COC(CNC(=O)c1cc(Cl)nc2ccccc12)C(=O)O. The first-order valence-electron chi connectivity index (χ1n) is 6.12. The minimum Gasteiger partial charge on any atom is -0.479 e. The summed E-state index contributed by atoms with van der Waals surface area (Å²) in [6, 6.07) is 8.51. The van der Waals surface area contributed by atoms with Crippen LogP contribution in [0.2, 0.25) is 5.15 Å². The van der Waals surface area contributed by atoms with Gasteiger partial charge in [-0.25, -0.2) is 9.78 Å². The first-order chi connectivity index (χ1) is 10.0. The molecule has 0 aliphatic heterocycles. The number of para-hydroxylation sites is 1. The van der Waals surface area contributed by atoms with Crippen LogP contribution in [0.15, 0.2) is 30.3 Å². The molecular formula is C14H13ClN2O4. The first kappa shape index (κ1) is 15.2. The van der Waals surface area contributed by atoms with E-state index in [1.165, 1.54) is 13.2 Å². The smallest absolute Gasteiger partial charge is 0.334 e. The van der Waals surface area contributed by atoms with Crippen LogP contribution in [0.25, 0.3) is 10.9 Å². The largest absolute Gasteiger partial charge is 0.479 e. The summed E-state index contributed by atoms with van der Waals surface area (Å²) in [5.74, 6) is -1.57. The molecule has 2 N–H and O–H groups in total. The van der Waals surface area contributed by atoms with Crippen molar-refractivity contribution in [2.75, 3.05) is 13.7 Å². The molecular weight excluding hydrogens is 296 g/mol. The molecule has 110 valence electrons. The molecule has 0 bridgehead atoms. The summed E-state index contributed by atoms with van der Waals surface area (Å²) >= 11 is 5.90. The molecule has 6 nitrogen and oxygen atoms in total. The van der Waals surface area contributed by atoms with Gasteiger partial charge in [0, 0.05) is 12.5 Å². The minimum atomic E-state index is -1.14. The van der Waals surface area contributed by atoms with Gasteiger partial charge in [-0.3, -0.25) is 4.79 Å². The average molecular weight is 309 g/mol. The van der Waals surface area contributed by atoms with Gasteiger partial charge in [0.15, 0.2) is 6.10 Å². The lowest BCUT2D eigenvalue weighted by Gasteiger charge is -2.12. The van der Waals surface area contributed by atoms with Gasteiger partial charge in [0.25, 0.3) is 5.91 Å². The van der Waals surface area contributed by atoms with Crippen LogP contribution in [-0.2, 0) is 9.53 Å². The highest BCUT2D eigenvalue weighted by atomic mass is 35.5. The first-order valence-corrected chi connectivity index (χ1v) is 6.50. The number of carboxylic acids is 1. The fourth-order valence-electron chi connectivity index (χ4n) is 1.88. The van der Waals surface area contributed by atoms with E-state index in [2.05, 4.69) is 10.3 Å². The lowest BCUT2D eigenvalue weighted by atomic mass is 10.1. The number of halogens is 1. The molecule has 0 aliphatic carbocycles. The highest BCUT2D eigenvalue weighted by Crippen LogP contribution is 2.20. The van der Waals surface area contributed by atoms with Crippen molar-refractivity contribution in [3.8, 4) is 0 Å². The third-order valence-corrected chi connectivity index (χ3v) is 3.13. The summed E-state index contributed by atoms with van der Waals surface area (Å²) in [4.78, 5) is 27.2. The van der Waals surface area contributed by atoms with Crippen LogP contribution in [0.4, 0.5) is 0 Å². The van der Waals surface area contributed by atoms with Gasteiger partial charge in [0.05, 0.1) is 17.6 Å². The van der Waals surface area contributed by atoms with Gasteiger partial charge < -0.3 is 15.2 Å². The molecule has 0 saturated carbocycles. The standard InChI is InChI=1S/C14H13ClN2O4/c1-21-11(14(19)20)7-16-13(18)9-6-12(15)17-10-5-3-2-4-8(9)10/h2-6,11H,7H2,1H3,(H,16,18)(H,19,20). The van der Waals surface area contributed by atoms with Crippen LogP contribution < -0.4 is 5.32 Å². The highest BCUT2D eigenvalue weighted by Gasteiger charge is 2.19. The van der Waals surface area contributed by atoms with Crippen molar-refractivity contribution in [1.82, 2.24) is 10.3 Å². The second-order valence-electron chi connectivity index (χ2n) is 4.28. The maximum Gasteiger partial charge on any atom is 0.334 e. The number of amides is 1. The summed E-state index contributed by atoms with van der Waals surface area (Å²) in [7, 11) is 1.27. The van der Waals surface area contributed by atoms with E-state index in [1.54, 1.807) is 24.3 Å². The minimum absolute atomic E-state index is 0.140. The van der Waals surface area contributed by atoms with Crippen molar-refractivity contribution < 1.29 is 19.4 Å². The van der Waals surface area contributed by atoms with E-state index in [9.17, 15) is 9.59 Å². The van der Waals surface area contributed by atoms with Crippen molar-refractivity contribution in [2.45, 2.75) is 6.10 Å². The maximum atomic E-state index is 12.2. The fourth-order valence-corrected chi connectivity index (χ4v) is 2.08. The van der Waals surface area contributed by atoms with Gasteiger partial charge >= 0.3 is 5.97 Å². The van der Waals surface area contributed by atoms with E-state index in [0.717, 1.165) is 0 Å². The topological polar surface area (TPSA) is 88.5 Å². The molecule has 0 spiro atoms. The van der Waals surface area contributed by atoms with E-state index in [0.29, 0.717) is 16.5 Å². The molecule has 1 aromatic carbocycles. The molecule has 1 heterocycles. The second kappa shape index (κ2) is 6.51. The van der Waals surface area contributed by atoms with Gasteiger partial charge in [0.1, 0.15) is 5.15 Å². The maximum absolute atomic E-state index is 12.2. The number of rotatable bonds is 5. The summed E-state index contributed by atoms with van der Waals surface area (Å²) in [5, 5.41) is 12.2. The molecule has 21 heavy (non-hydrogen) atoms. The van der Waals surface area contributed by atoms with Gasteiger partial charge in [-0.15, -0.1) is 0 Å².